The Morgan fingerprint density at radius 3 is 2.63 bits per heavy atom. The van der Waals surface area contributed by atoms with Gasteiger partial charge in [-0.3, -0.25) is 4.79 Å². The summed E-state index contributed by atoms with van der Waals surface area (Å²) >= 11 is 0. The van der Waals surface area contributed by atoms with Crippen LogP contribution in [-0.4, -0.2) is 49.3 Å². The van der Waals surface area contributed by atoms with Gasteiger partial charge in [-0.25, -0.2) is 9.18 Å². The van der Waals surface area contributed by atoms with E-state index in [1.807, 2.05) is 0 Å². The van der Waals surface area contributed by atoms with Gasteiger partial charge in [0, 0.05) is 25.3 Å². The number of carbonyl (C=O) groups excluding carboxylic acids is 1. The van der Waals surface area contributed by atoms with Crippen molar-refractivity contribution in [2.24, 2.45) is 0 Å². The summed E-state index contributed by atoms with van der Waals surface area (Å²) in [4.78, 5) is 25.0. The Kier molecular flexibility index (Phi) is 7.09. The summed E-state index contributed by atoms with van der Waals surface area (Å²) in [5.74, 6) is -1.27. The van der Waals surface area contributed by atoms with Gasteiger partial charge in [-0.05, 0) is 31.2 Å². The molecule has 0 aliphatic heterocycles. The minimum Gasteiger partial charge on any atom is -0.478 e. The molecule has 2 aromatic rings. The molecule has 27 heavy (non-hydrogen) atoms. The second kappa shape index (κ2) is 9.29. The predicted octanol–water partition coefficient (Wildman–Crippen LogP) is 2.86. The Labute approximate surface area is 156 Å². The van der Waals surface area contributed by atoms with Gasteiger partial charge in [-0.2, -0.15) is 0 Å². The highest BCUT2D eigenvalue weighted by Crippen LogP contribution is 2.18. The minimum absolute atomic E-state index is 0.0272. The van der Waals surface area contributed by atoms with E-state index in [0.717, 1.165) is 0 Å². The largest absolute Gasteiger partial charge is 0.478 e. The zero-order valence-corrected chi connectivity index (χ0v) is 15.5. The van der Waals surface area contributed by atoms with E-state index in [4.69, 9.17) is 19.0 Å². The highest BCUT2D eigenvalue weighted by molar-refractivity contribution is 5.94. The van der Waals surface area contributed by atoms with Crippen molar-refractivity contribution in [1.82, 2.24) is 4.90 Å². The van der Waals surface area contributed by atoms with Crippen LogP contribution in [0.25, 0.3) is 0 Å². The number of hydrogen-bond donors (Lipinski definition) is 1. The maximum absolute atomic E-state index is 13.9. The summed E-state index contributed by atoms with van der Waals surface area (Å²) in [7, 11) is 3.09. The van der Waals surface area contributed by atoms with Crippen LogP contribution in [0.5, 0.6) is 0 Å². The number of benzene rings is 1. The van der Waals surface area contributed by atoms with E-state index < -0.39 is 11.8 Å². The summed E-state index contributed by atoms with van der Waals surface area (Å²) in [6.45, 7) is 2.37. The first-order valence-corrected chi connectivity index (χ1v) is 8.26. The fourth-order valence-electron chi connectivity index (χ4n) is 2.50. The van der Waals surface area contributed by atoms with Gasteiger partial charge >= 0.3 is 5.97 Å². The standard InChI is InChI=1S/C19H22FNO6/c1-12-16(19(23)24)9-15(27-12)10-21(2)18(22)13-4-5-17(20)14(8-13)11-26-7-6-25-3/h4-5,8-9H,6-7,10-11H2,1-3H3,(H,23,24). The van der Waals surface area contributed by atoms with Gasteiger partial charge in [0.05, 0.1) is 26.4 Å². The number of nitrogens with zero attached hydrogens (tertiary/aromatic N) is 1. The van der Waals surface area contributed by atoms with Crippen molar-refractivity contribution in [2.45, 2.75) is 20.1 Å². The number of aromatic carboxylic acids is 1. The van der Waals surface area contributed by atoms with E-state index in [-0.39, 0.29) is 35.9 Å². The molecular formula is C19H22FNO6. The van der Waals surface area contributed by atoms with Crippen LogP contribution in [0.2, 0.25) is 0 Å². The van der Waals surface area contributed by atoms with Gasteiger partial charge in [0.1, 0.15) is 22.9 Å². The zero-order valence-electron chi connectivity index (χ0n) is 15.5. The summed E-state index contributed by atoms with van der Waals surface area (Å²) in [5.41, 5.74) is 0.626. The lowest BCUT2D eigenvalue weighted by Gasteiger charge is -2.16. The summed E-state index contributed by atoms with van der Waals surface area (Å²) in [6.07, 6.45) is 0. The molecule has 1 aromatic carbocycles. The fraction of sp³-hybridized carbons (Fsp3) is 0.368. The average Bonchev–Trinajstić information content (AvgIpc) is 3.00. The number of halogens is 1. The molecule has 0 radical (unpaired) electrons. The van der Waals surface area contributed by atoms with Gasteiger partial charge in [0.2, 0.25) is 0 Å². The van der Waals surface area contributed by atoms with Crippen molar-refractivity contribution in [3.05, 3.63) is 58.3 Å². The van der Waals surface area contributed by atoms with Crippen LogP contribution in [0.1, 0.15) is 37.8 Å². The Morgan fingerprint density at radius 1 is 1.26 bits per heavy atom. The lowest BCUT2D eigenvalue weighted by molar-refractivity contribution is 0.0603. The van der Waals surface area contributed by atoms with Crippen molar-refractivity contribution < 1.29 is 33.0 Å². The summed E-state index contributed by atoms with van der Waals surface area (Å²) < 4.78 is 29.5. The quantitative estimate of drug-likeness (QED) is 0.674. The molecule has 7 nitrogen and oxygen atoms in total. The second-order valence-electron chi connectivity index (χ2n) is 6.00. The third-order valence-electron chi connectivity index (χ3n) is 3.92. The van der Waals surface area contributed by atoms with Crippen molar-refractivity contribution in [1.29, 1.82) is 0 Å². The molecular weight excluding hydrogens is 357 g/mol. The number of carbonyl (C=O) groups is 2. The lowest BCUT2D eigenvalue weighted by Crippen LogP contribution is -2.26. The first-order valence-electron chi connectivity index (χ1n) is 8.26. The molecule has 0 atom stereocenters. The smallest absolute Gasteiger partial charge is 0.339 e. The molecule has 1 amide bonds. The number of rotatable bonds is 9. The van der Waals surface area contributed by atoms with Crippen LogP contribution in [0.3, 0.4) is 0 Å². The van der Waals surface area contributed by atoms with E-state index >= 15 is 0 Å². The molecule has 0 aliphatic carbocycles. The molecule has 1 aromatic heterocycles. The van der Waals surface area contributed by atoms with Crippen LogP contribution in [0.15, 0.2) is 28.7 Å². The number of carboxylic acids is 1. The number of furan rings is 1. The monoisotopic (exact) mass is 379 g/mol. The third-order valence-corrected chi connectivity index (χ3v) is 3.92. The van der Waals surface area contributed by atoms with Crippen molar-refractivity contribution >= 4 is 11.9 Å². The van der Waals surface area contributed by atoms with E-state index in [2.05, 4.69) is 0 Å². The molecule has 0 saturated heterocycles. The van der Waals surface area contributed by atoms with Crippen molar-refractivity contribution in [2.75, 3.05) is 27.4 Å². The van der Waals surface area contributed by atoms with E-state index in [0.29, 0.717) is 24.5 Å². The summed E-state index contributed by atoms with van der Waals surface area (Å²) in [5, 5.41) is 9.07. The van der Waals surface area contributed by atoms with Crippen molar-refractivity contribution in [3.63, 3.8) is 0 Å². The fourth-order valence-corrected chi connectivity index (χ4v) is 2.50. The molecule has 0 saturated carbocycles. The average molecular weight is 379 g/mol. The maximum Gasteiger partial charge on any atom is 0.339 e. The van der Waals surface area contributed by atoms with Gasteiger partial charge in [-0.15, -0.1) is 0 Å². The summed E-state index contributed by atoms with van der Waals surface area (Å²) in [6, 6.07) is 5.44. The number of carboxylic acid groups (broad SMARTS) is 1. The third kappa shape index (κ3) is 5.38. The molecule has 0 bridgehead atoms. The van der Waals surface area contributed by atoms with Crippen LogP contribution in [-0.2, 0) is 22.6 Å². The molecule has 8 heteroatoms. The maximum atomic E-state index is 13.9. The molecule has 2 rings (SSSR count). The Morgan fingerprint density at radius 2 is 2.00 bits per heavy atom. The van der Waals surface area contributed by atoms with Crippen LogP contribution < -0.4 is 0 Å². The SMILES string of the molecule is COCCOCc1cc(C(=O)N(C)Cc2cc(C(=O)O)c(C)o2)ccc1F. The van der Waals surface area contributed by atoms with Gasteiger partial charge in [0.15, 0.2) is 0 Å². The highest BCUT2D eigenvalue weighted by Gasteiger charge is 2.18. The van der Waals surface area contributed by atoms with Crippen LogP contribution >= 0.6 is 0 Å². The normalized spacial score (nSPS) is 10.8. The van der Waals surface area contributed by atoms with Crippen LogP contribution in [0.4, 0.5) is 4.39 Å². The van der Waals surface area contributed by atoms with Gasteiger partial charge < -0.3 is 23.9 Å². The van der Waals surface area contributed by atoms with E-state index in [1.165, 1.54) is 29.2 Å². The highest BCUT2D eigenvalue weighted by atomic mass is 19.1. The molecule has 1 heterocycles. The first-order chi connectivity index (χ1) is 12.8. The Hall–Kier alpha value is -2.71. The molecule has 0 unspecified atom stereocenters. The van der Waals surface area contributed by atoms with E-state index in [1.54, 1.807) is 21.1 Å². The zero-order chi connectivity index (χ0) is 20.0. The topological polar surface area (TPSA) is 89.2 Å². The molecule has 146 valence electrons. The number of ether oxygens (including phenoxy) is 2. The molecule has 0 fully saturated rings. The first kappa shape index (κ1) is 20.6. The number of hydrogen-bond acceptors (Lipinski definition) is 5. The molecule has 0 aliphatic rings. The van der Waals surface area contributed by atoms with Gasteiger partial charge in [-0.1, -0.05) is 0 Å². The van der Waals surface area contributed by atoms with Crippen LogP contribution in [0, 0.1) is 12.7 Å². The molecule has 1 N–H and O–H groups in total. The Balaban J connectivity index is 2.07. The minimum atomic E-state index is -1.09. The van der Waals surface area contributed by atoms with E-state index in [9.17, 15) is 14.0 Å². The number of aryl methyl sites for hydroxylation is 1. The second-order valence-corrected chi connectivity index (χ2v) is 6.00. The molecule has 0 spiro atoms. The number of amides is 1. The Bertz CT molecular complexity index is 817. The predicted molar refractivity (Wildman–Crippen MR) is 94.1 cm³/mol. The van der Waals surface area contributed by atoms with Gasteiger partial charge in [0.25, 0.3) is 5.91 Å². The lowest BCUT2D eigenvalue weighted by atomic mass is 10.1. The number of methoxy groups -OCH3 is 1. The van der Waals surface area contributed by atoms with Crippen molar-refractivity contribution in [3.8, 4) is 0 Å².